The summed E-state index contributed by atoms with van der Waals surface area (Å²) in [5.74, 6) is 0. The van der Waals surface area contributed by atoms with Gasteiger partial charge in [-0.3, -0.25) is 0 Å². The molecule has 1 atom stereocenters. The SMILES string of the molecule is Cc1ccc(N2C(c3ccccc3)C(c3ccccc3)=C[Si]2(C(C)(C)C)C(C)(C)C)cc1. The van der Waals surface area contributed by atoms with Crippen molar-refractivity contribution in [3.63, 3.8) is 0 Å². The van der Waals surface area contributed by atoms with Crippen LogP contribution in [-0.4, -0.2) is 8.24 Å². The molecule has 1 nitrogen and oxygen atoms in total. The summed E-state index contributed by atoms with van der Waals surface area (Å²) in [7, 11) is -2.24. The molecule has 1 aliphatic rings. The van der Waals surface area contributed by atoms with Gasteiger partial charge >= 0.3 is 0 Å². The highest BCUT2D eigenvalue weighted by Crippen LogP contribution is 2.62. The van der Waals surface area contributed by atoms with Gasteiger partial charge in [0, 0.05) is 5.69 Å². The Morgan fingerprint density at radius 2 is 1.16 bits per heavy atom. The predicted molar refractivity (Wildman–Crippen MR) is 142 cm³/mol. The Balaban J connectivity index is 2.09. The third kappa shape index (κ3) is 3.65. The van der Waals surface area contributed by atoms with Crippen molar-refractivity contribution >= 4 is 19.5 Å². The highest BCUT2D eigenvalue weighted by molar-refractivity contribution is 6.94. The lowest BCUT2D eigenvalue weighted by Crippen LogP contribution is -2.62. The second-order valence-electron chi connectivity index (χ2n) is 11.3. The maximum atomic E-state index is 2.85. The van der Waals surface area contributed by atoms with Crippen LogP contribution in [0.25, 0.3) is 5.57 Å². The van der Waals surface area contributed by atoms with Crippen molar-refractivity contribution in [3.8, 4) is 0 Å². The fourth-order valence-electron chi connectivity index (χ4n) is 5.89. The number of hydrogen-bond donors (Lipinski definition) is 0. The molecule has 0 radical (unpaired) electrons. The van der Waals surface area contributed by atoms with Crippen molar-refractivity contribution in [2.45, 2.75) is 64.6 Å². The summed E-state index contributed by atoms with van der Waals surface area (Å²) < 4.78 is 2.85. The number of aryl methyl sites for hydroxylation is 1. The first-order valence-corrected chi connectivity index (χ1v) is 13.8. The molecule has 0 fully saturated rings. The fraction of sp³-hybridized carbons (Fsp3) is 0.333. The Bertz CT molecular complexity index is 1070. The molecule has 1 heterocycles. The van der Waals surface area contributed by atoms with Gasteiger partial charge in [-0.2, -0.15) is 0 Å². The van der Waals surface area contributed by atoms with Gasteiger partial charge in [0.05, 0.1) is 6.04 Å². The molecular formula is C30H37NSi. The van der Waals surface area contributed by atoms with E-state index in [1.807, 2.05) is 0 Å². The average Bonchev–Trinajstić information content (AvgIpc) is 3.13. The van der Waals surface area contributed by atoms with E-state index in [0.29, 0.717) is 0 Å². The topological polar surface area (TPSA) is 3.24 Å². The third-order valence-electron chi connectivity index (χ3n) is 7.12. The molecule has 166 valence electrons. The van der Waals surface area contributed by atoms with Crippen molar-refractivity contribution in [3.05, 3.63) is 107 Å². The van der Waals surface area contributed by atoms with Crippen LogP contribution in [0.15, 0.2) is 90.6 Å². The van der Waals surface area contributed by atoms with E-state index in [1.54, 1.807) is 0 Å². The number of benzene rings is 3. The molecule has 0 bridgehead atoms. The molecule has 4 rings (SSSR count). The normalized spacial score (nSPS) is 18.5. The Labute approximate surface area is 195 Å². The Hall–Kier alpha value is -2.58. The first-order chi connectivity index (χ1) is 15.1. The van der Waals surface area contributed by atoms with Crippen LogP contribution in [-0.2, 0) is 0 Å². The van der Waals surface area contributed by atoms with Crippen LogP contribution in [0.2, 0.25) is 10.1 Å². The van der Waals surface area contributed by atoms with Crippen LogP contribution in [0.3, 0.4) is 0 Å². The molecule has 3 aromatic carbocycles. The molecule has 0 aromatic heterocycles. The molecule has 0 aliphatic carbocycles. The second-order valence-corrected chi connectivity index (χ2v) is 16.6. The first kappa shape index (κ1) is 22.6. The zero-order chi connectivity index (χ0) is 23.1. The van der Waals surface area contributed by atoms with E-state index in [-0.39, 0.29) is 16.1 Å². The Kier molecular flexibility index (Phi) is 5.71. The molecule has 32 heavy (non-hydrogen) atoms. The number of rotatable bonds is 3. The Morgan fingerprint density at radius 1 is 0.656 bits per heavy atom. The smallest absolute Gasteiger partial charge is 0.193 e. The van der Waals surface area contributed by atoms with Crippen molar-refractivity contribution in [1.29, 1.82) is 0 Å². The van der Waals surface area contributed by atoms with Gasteiger partial charge in [-0.15, -0.1) is 0 Å². The first-order valence-electron chi connectivity index (χ1n) is 11.8. The molecule has 0 saturated heterocycles. The molecule has 1 aliphatic heterocycles. The highest BCUT2D eigenvalue weighted by Gasteiger charge is 2.61. The molecule has 2 heteroatoms. The van der Waals surface area contributed by atoms with Gasteiger partial charge in [-0.25, -0.2) is 0 Å². The summed E-state index contributed by atoms with van der Waals surface area (Å²) >= 11 is 0. The zero-order valence-electron chi connectivity index (χ0n) is 20.7. The van der Waals surface area contributed by atoms with Crippen molar-refractivity contribution < 1.29 is 0 Å². The van der Waals surface area contributed by atoms with E-state index in [2.05, 4.69) is 144 Å². The minimum Gasteiger partial charge on any atom is -0.382 e. The van der Waals surface area contributed by atoms with Gasteiger partial charge in [0.1, 0.15) is 0 Å². The van der Waals surface area contributed by atoms with E-state index in [4.69, 9.17) is 0 Å². The summed E-state index contributed by atoms with van der Waals surface area (Å²) in [6.07, 6.45) is 0. The maximum absolute atomic E-state index is 2.85. The highest BCUT2D eigenvalue weighted by atomic mass is 28.3. The molecule has 0 amide bonds. The van der Waals surface area contributed by atoms with E-state index in [0.717, 1.165) is 0 Å². The fourth-order valence-corrected chi connectivity index (χ4v) is 12.6. The average molecular weight is 440 g/mol. The lowest BCUT2D eigenvalue weighted by Gasteiger charge is -2.56. The van der Waals surface area contributed by atoms with E-state index in [1.165, 1.54) is 28.0 Å². The standard InChI is InChI=1S/C30H37NSi/c1-23-18-20-26(21-19-23)31-28(25-16-12-9-13-17-25)27(24-14-10-8-11-15-24)22-32(31,29(2,3)4)30(5,6)7/h8-22,28H,1-7H3. The summed E-state index contributed by atoms with van der Waals surface area (Å²) in [6.45, 7) is 16.9. The molecule has 1 unspecified atom stereocenters. The lowest BCUT2D eigenvalue weighted by atomic mass is 9.94. The predicted octanol–water partition coefficient (Wildman–Crippen LogP) is 8.72. The van der Waals surface area contributed by atoms with Gasteiger partial charge in [-0.1, -0.05) is 126 Å². The third-order valence-corrected chi connectivity index (χ3v) is 13.7. The molecule has 0 saturated carbocycles. The van der Waals surface area contributed by atoms with Gasteiger partial charge in [0.2, 0.25) is 0 Å². The van der Waals surface area contributed by atoms with E-state index in [9.17, 15) is 0 Å². The van der Waals surface area contributed by atoms with Gasteiger partial charge < -0.3 is 4.57 Å². The van der Waals surface area contributed by atoms with E-state index < -0.39 is 8.24 Å². The van der Waals surface area contributed by atoms with Gasteiger partial charge in [0.25, 0.3) is 0 Å². The summed E-state index contributed by atoms with van der Waals surface area (Å²) in [5, 5.41) is 0.277. The second kappa shape index (κ2) is 8.08. The largest absolute Gasteiger partial charge is 0.382 e. The van der Waals surface area contributed by atoms with Crippen molar-refractivity contribution in [1.82, 2.24) is 0 Å². The quantitative estimate of drug-likeness (QED) is 0.369. The van der Waals surface area contributed by atoms with Crippen molar-refractivity contribution in [2.24, 2.45) is 0 Å². The Morgan fingerprint density at radius 3 is 1.66 bits per heavy atom. The minimum atomic E-state index is -2.24. The van der Waals surface area contributed by atoms with Crippen LogP contribution in [0, 0.1) is 6.92 Å². The zero-order valence-corrected chi connectivity index (χ0v) is 21.7. The number of anilines is 1. The van der Waals surface area contributed by atoms with Crippen molar-refractivity contribution in [2.75, 3.05) is 4.57 Å². The van der Waals surface area contributed by atoms with Gasteiger partial charge in [-0.05, 0) is 45.8 Å². The molecule has 0 spiro atoms. The molecule has 0 N–H and O–H groups in total. The van der Waals surface area contributed by atoms with Crippen LogP contribution < -0.4 is 4.57 Å². The lowest BCUT2D eigenvalue weighted by molar-refractivity contribution is 0.607. The summed E-state index contributed by atoms with van der Waals surface area (Å²) in [5.41, 5.74) is 9.53. The monoisotopic (exact) mass is 439 g/mol. The molecular weight excluding hydrogens is 402 g/mol. The van der Waals surface area contributed by atoms with Crippen LogP contribution in [0.1, 0.15) is 64.3 Å². The van der Waals surface area contributed by atoms with Crippen LogP contribution in [0.5, 0.6) is 0 Å². The maximum Gasteiger partial charge on any atom is 0.193 e. The van der Waals surface area contributed by atoms with Gasteiger partial charge in [0.15, 0.2) is 8.24 Å². The number of nitrogens with zero attached hydrogens (tertiary/aromatic N) is 1. The van der Waals surface area contributed by atoms with Crippen LogP contribution >= 0.6 is 0 Å². The number of hydrogen-bond acceptors (Lipinski definition) is 1. The minimum absolute atomic E-state index is 0.139. The molecule has 3 aromatic rings. The summed E-state index contributed by atoms with van der Waals surface area (Å²) in [4.78, 5) is 0. The summed E-state index contributed by atoms with van der Waals surface area (Å²) in [6, 6.07) is 31.5. The van der Waals surface area contributed by atoms with Crippen LogP contribution in [0.4, 0.5) is 5.69 Å². The van der Waals surface area contributed by atoms with E-state index >= 15 is 0 Å².